The number of carbonyl (C=O) groups excluding carboxylic acids is 1. The van der Waals surface area contributed by atoms with Crippen molar-refractivity contribution in [1.82, 2.24) is 0 Å². The van der Waals surface area contributed by atoms with Crippen molar-refractivity contribution in [3.8, 4) is 0 Å². The second-order valence-electron chi connectivity index (χ2n) is 2.79. The predicted molar refractivity (Wildman–Crippen MR) is 64.4 cm³/mol. The summed E-state index contributed by atoms with van der Waals surface area (Å²) in [6.07, 6.45) is 0.933. The van der Waals surface area contributed by atoms with E-state index in [-0.39, 0.29) is 15.9 Å². The highest BCUT2D eigenvalue weighted by Gasteiger charge is 2.29. The second kappa shape index (κ2) is 5.15. The van der Waals surface area contributed by atoms with Gasteiger partial charge in [-0.3, -0.25) is 0 Å². The molecule has 0 saturated carbocycles. The molecule has 0 amide bonds. The molecule has 1 aliphatic heterocycles. The Labute approximate surface area is 102 Å². The molecule has 1 N–H and O–H groups in total. The van der Waals surface area contributed by atoms with Gasteiger partial charge < -0.3 is 9.84 Å². The van der Waals surface area contributed by atoms with Crippen LogP contribution in [0.4, 0.5) is 0 Å². The van der Waals surface area contributed by atoms with Crippen LogP contribution < -0.4 is 0 Å². The number of esters is 1. The summed E-state index contributed by atoms with van der Waals surface area (Å²) >= 11 is 1.82. The normalized spacial score (nSPS) is 19.2. The molecule has 90 valence electrons. The SMILES string of the molecule is CCOC(=O)C(=C1SC=C(O)S1)S(C)(=O)=O. The van der Waals surface area contributed by atoms with Crippen LogP contribution in [0.15, 0.2) is 19.6 Å². The van der Waals surface area contributed by atoms with Crippen LogP contribution in [0.2, 0.25) is 0 Å². The Hall–Kier alpha value is -0.600. The maximum atomic E-state index is 11.5. The van der Waals surface area contributed by atoms with Gasteiger partial charge in [-0.2, -0.15) is 0 Å². The van der Waals surface area contributed by atoms with E-state index in [1.807, 2.05) is 0 Å². The van der Waals surface area contributed by atoms with Gasteiger partial charge in [-0.15, -0.1) is 0 Å². The summed E-state index contributed by atoms with van der Waals surface area (Å²) in [4.78, 5) is 11.1. The van der Waals surface area contributed by atoms with E-state index in [2.05, 4.69) is 4.74 Å². The largest absolute Gasteiger partial charge is 0.501 e. The third-order valence-electron chi connectivity index (χ3n) is 1.48. The van der Waals surface area contributed by atoms with Crippen LogP contribution in [-0.4, -0.2) is 32.4 Å². The molecule has 0 saturated heterocycles. The lowest BCUT2D eigenvalue weighted by Crippen LogP contribution is -2.16. The van der Waals surface area contributed by atoms with Crippen LogP contribution in [0.1, 0.15) is 6.92 Å². The molecule has 8 heteroatoms. The monoisotopic (exact) mass is 282 g/mol. The quantitative estimate of drug-likeness (QED) is 0.622. The number of carbonyl (C=O) groups is 1. The highest BCUT2D eigenvalue weighted by molar-refractivity contribution is 8.28. The summed E-state index contributed by atoms with van der Waals surface area (Å²) in [5.41, 5.74) is 0. The lowest BCUT2D eigenvalue weighted by atomic mass is 10.6. The van der Waals surface area contributed by atoms with E-state index >= 15 is 0 Å². The lowest BCUT2D eigenvalue weighted by molar-refractivity contribution is -0.137. The molecular weight excluding hydrogens is 272 g/mol. The van der Waals surface area contributed by atoms with Crippen LogP contribution in [0.3, 0.4) is 0 Å². The third-order valence-corrected chi connectivity index (χ3v) is 5.02. The van der Waals surface area contributed by atoms with E-state index in [1.165, 1.54) is 5.41 Å². The van der Waals surface area contributed by atoms with Gasteiger partial charge in [0.1, 0.15) is 0 Å². The van der Waals surface area contributed by atoms with Crippen molar-refractivity contribution in [3.63, 3.8) is 0 Å². The first kappa shape index (κ1) is 13.5. The van der Waals surface area contributed by atoms with Crippen molar-refractivity contribution in [3.05, 3.63) is 19.6 Å². The van der Waals surface area contributed by atoms with Crippen LogP contribution >= 0.6 is 23.5 Å². The molecule has 16 heavy (non-hydrogen) atoms. The van der Waals surface area contributed by atoms with Gasteiger partial charge in [-0.1, -0.05) is 11.8 Å². The minimum Gasteiger partial charge on any atom is -0.501 e. The molecule has 0 aliphatic carbocycles. The Morgan fingerprint density at radius 1 is 1.56 bits per heavy atom. The summed E-state index contributed by atoms with van der Waals surface area (Å²) in [6, 6.07) is 0. The smallest absolute Gasteiger partial charge is 0.351 e. The van der Waals surface area contributed by atoms with Crippen molar-refractivity contribution < 1.29 is 23.1 Å². The molecule has 0 aromatic heterocycles. The van der Waals surface area contributed by atoms with Gasteiger partial charge in [0, 0.05) is 11.7 Å². The van der Waals surface area contributed by atoms with Gasteiger partial charge in [-0.05, 0) is 18.7 Å². The molecule has 0 radical (unpaired) electrons. The molecule has 0 fully saturated rings. The first-order valence-corrected chi connectivity index (χ1v) is 7.80. The second-order valence-corrected chi connectivity index (χ2v) is 6.91. The summed E-state index contributed by atoms with van der Waals surface area (Å²) < 4.78 is 27.8. The molecule has 1 rings (SSSR count). The number of thioether (sulfide) groups is 2. The number of hydrogen-bond donors (Lipinski definition) is 1. The molecule has 0 aromatic carbocycles. The fraction of sp³-hybridized carbons (Fsp3) is 0.375. The molecule has 0 spiro atoms. The van der Waals surface area contributed by atoms with Gasteiger partial charge in [-0.25, -0.2) is 13.2 Å². The molecular formula is C8H10O5S3. The van der Waals surface area contributed by atoms with Gasteiger partial charge in [0.15, 0.2) is 19.8 Å². The van der Waals surface area contributed by atoms with Crippen LogP contribution in [0, 0.1) is 0 Å². The maximum absolute atomic E-state index is 11.5. The van der Waals surface area contributed by atoms with Crippen LogP contribution in [0.25, 0.3) is 0 Å². The molecule has 1 heterocycles. The Bertz CT molecular complexity index is 460. The van der Waals surface area contributed by atoms with Crippen LogP contribution in [0.5, 0.6) is 0 Å². The molecule has 5 nitrogen and oxygen atoms in total. The fourth-order valence-electron chi connectivity index (χ4n) is 0.930. The van der Waals surface area contributed by atoms with E-state index in [0.29, 0.717) is 0 Å². The fourth-order valence-corrected chi connectivity index (χ4v) is 4.47. The van der Waals surface area contributed by atoms with E-state index in [1.54, 1.807) is 6.92 Å². The predicted octanol–water partition coefficient (Wildman–Crippen LogP) is 1.60. The van der Waals surface area contributed by atoms with Crippen molar-refractivity contribution in [2.24, 2.45) is 0 Å². The van der Waals surface area contributed by atoms with Crippen molar-refractivity contribution >= 4 is 39.3 Å². The summed E-state index contributed by atoms with van der Waals surface area (Å²) in [7, 11) is -3.67. The Morgan fingerprint density at radius 3 is 2.56 bits per heavy atom. The van der Waals surface area contributed by atoms with E-state index in [9.17, 15) is 13.2 Å². The van der Waals surface area contributed by atoms with Crippen molar-refractivity contribution in [2.45, 2.75) is 6.92 Å². The van der Waals surface area contributed by atoms with Crippen molar-refractivity contribution in [1.29, 1.82) is 0 Å². The molecule has 0 atom stereocenters. The molecule has 0 bridgehead atoms. The number of aliphatic hydroxyl groups excluding tert-OH is 1. The van der Waals surface area contributed by atoms with Crippen molar-refractivity contribution in [2.75, 3.05) is 12.9 Å². The lowest BCUT2D eigenvalue weighted by Gasteiger charge is -2.07. The summed E-state index contributed by atoms with van der Waals surface area (Å²) in [5.74, 6) is -0.886. The van der Waals surface area contributed by atoms with Gasteiger partial charge in [0.05, 0.1) is 10.8 Å². The summed E-state index contributed by atoms with van der Waals surface area (Å²) in [5, 5.41) is 10.5. The highest BCUT2D eigenvalue weighted by Crippen LogP contribution is 2.45. The van der Waals surface area contributed by atoms with Gasteiger partial charge >= 0.3 is 5.97 Å². The zero-order valence-corrected chi connectivity index (χ0v) is 11.0. The van der Waals surface area contributed by atoms with E-state index in [0.717, 1.165) is 29.8 Å². The Kier molecular flexibility index (Phi) is 4.34. The minimum absolute atomic E-state index is 0.0366. The van der Waals surface area contributed by atoms with Crippen LogP contribution in [-0.2, 0) is 19.4 Å². The average Bonchev–Trinajstić information content (AvgIpc) is 2.49. The Morgan fingerprint density at radius 2 is 2.19 bits per heavy atom. The summed E-state index contributed by atoms with van der Waals surface area (Å²) in [6.45, 7) is 1.69. The first-order valence-electron chi connectivity index (χ1n) is 4.21. The standard InChI is InChI=1S/C8H10O5S3/c1-3-13-7(10)6(16(2,11)12)8-14-4-5(9)15-8/h4,9H,3H2,1-2H3. The average molecular weight is 282 g/mol. The highest BCUT2D eigenvalue weighted by atomic mass is 32.2. The number of rotatable bonds is 3. The van der Waals surface area contributed by atoms with Gasteiger partial charge in [0.25, 0.3) is 0 Å². The third kappa shape index (κ3) is 3.19. The minimum atomic E-state index is -3.67. The number of sulfone groups is 1. The maximum Gasteiger partial charge on any atom is 0.351 e. The topological polar surface area (TPSA) is 80.7 Å². The zero-order valence-electron chi connectivity index (χ0n) is 8.59. The number of ether oxygens (including phenoxy) is 1. The zero-order chi connectivity index (χ0) is 12.3. The number of aliphatic hydroxyl groups is 1. The molecule has 0 aromatic rings. The van der Waals surface area contributed by atoms with E-state index < -0.39 is 20.7 Å². The Balaban J connectivity index is 3.13. The molecule has 0 unspecified atom stereocenters. The first-order chi connectivity index (χ1) is 7.36. The van der Waals surface area contributed by atoms with Gasteiger partial charge in [0.2, 0.25) is 0 Å². The molecule has 1 aliphatic rings. The number of hydrogen-bond acceptors (Lipinski definition) is 7. The van der Waals surface area contributed by atoms with E-state index in [4.69, 9.17) is 5.11 Å².